The van der Waals surface area contributed by atoms with Gasteiger partial charge in [0, 0.05) is 47.6 Å². The van der Waals surface area contributed by atoms with Crippen LogP contribution in [0.25, 0.3) is 22.2 Å². The highest BCUT2D eigenvalue weighted by molar-refractivity contribution is 6.01. The van der Waals surface area contributed by atoms with Crippen molar-refractivity contribution in [2.24, 2.45) is 0 Å². The van der Waals surface area contributed by atoms with Gasteiger partial charge in [-0.2, -0.15) is 5.10 Å². The van der Waals surface area contributed by atoms with E-state index in [9.17, 15) is 9.90 Å². The number of amides is 1. The molecule has 190 valence electrons. The Morgan fingerprint density at radius 2 is 1.92 bits per heavy atom. The zero-order valence-corrected chi connectivity index (χ0v) is 20.5. The van der Waals surface area contributed by atoms with Crippen LogP contribution in [0.5, 0.6) is 5.75 Å². The lowest BCUT2D eigenvalue weighted by atomic mass is 9.92. The zero-order chi connectivity index (χ0) is 25.4. The van der Waals surface area contributed by atoms with Gasteiger partial charge in [0.25, 0.3) is 5.91 Å². The van der Waals surface area contributed by atoms with Gasteiger partial charge in [-0.15, -0.1) is 0 Å². The smallest absolute Gasteiger partial charge is 0.253 e. The third kappa shape index (κ3) is 4.81. The molecule has 3 N–H and O–H groups in total. The molecule has 9 nitrogen and oxygen atoms in total. The number of likely N-dealkylation sites (N-methyl/N-ethyl adjacent to an activating group) is 1. The van der Waals surface area contributed by atoms with E-state index in [0.717, 1.165) is 54.0 Å². The van der Waals surface area contributed by atoms with Crippen molar-refractivity contribution in [3.05, 3.63) is 78.1 Å². The van der Waals surface area contributed by atoms with Gasteiger partial charge in [0.1, 0.15) is 11.9 Å². The van der Waals surface area contributed by atoms with Crippen molar-refractivity contribution in [2.45, 2.75) is 37.3 Å². The minimum atomic E-state index is -1.20. The standard InChI is InChI=1S/C28H29N5O4/c1-33-19-13-22(14-20(33)16-36-15-19)37-21-8-5-17(6-9-21)26-23-12-18(7-10-24(23)31-32-26)27(34)30-28(35)25-4-2-3-11-29-25/h2-12,19-20,22,28,35H,13-16H2,1H3,(H,30,34)(H,31,32)/t19?,20?,22?,28-/m0/s1. The van der Waals surface area contributed by atoms with E-state index in [-0.39, 0.29) is 6.10 Å². The van der Waals surface area contributed by atoms with Crippen LogP contribution in [-0.4, -0.2) is 69.5 Å². The second-order valence-corrected chi connectivity index (χ2v) is 9.71. The summed E-state index contributed by atoms with van der Waals surface area (Å²) >= 11 is 0. The number of fused-ring (bicyclic) bond motifs is 3. The first-order chi connectivity index (χ1) is 18.0. The normalized spacial score (nSPS) is 22.5. The number of hydrogen-bond donors (Lipinski definition) is 3. The molecule has 1 amide bonds. The first-order valence-electron chi connectivity index (χ1n) is 12.5. The average molecular weight is 500 g/mol. The highest BCUT2D eigenvalue weighted by Crippen LogP contribution is 2.32. The van der Waals surface area contributed by atoms with Gasteiger partial charge in [-0.3, -0.25) is 19.8 Å². The van der Waals surface area contributed by atoms with E-state index in [4.69, 9.17) is 9.47 Å². The van der Waals surface area contributed by atoms with Crippen LogP contribution in [0, 0.1) is 0 Å². The molecule has 9 heteroatoms. The minimum absolute atomic E-state index is 0.176. The summed E-state index contributed by atoms with van der Waals surface area (Å²) in [6.45, 7) is 1.53. The topological polar surface area (TPSA) is 113 Å². The number of nitrogens with zero attached hydrogens (tertiary/aromatic N) is 3. The zero-order valence-electron chi connectivity index (χ0n) is 20.5. The number of piperidine rings is 1. The summed E-state index contributed by atoms with van der Waals surface area (Å²) in [6, 6.07) is 19.2. The van der Waals surface area contributed by atoms with E-state index < -0.39 is 12.1 Å². The summed E-state index contributed by atoms with van der Waals surface area (Å²) in [4.78, 5) is 19.3. The number of benzene rings is 2. The molecule has 2 unspecified atom stereocenters. The van der Waals surface area contributed by atoms with Crippen molar-refractivity contribution in [1.29, 1.82) is 0 Å². The fourth-order valence-corrected chi connectivity index (χ4v) is 5.22. The second kappa shape index (κ2) is 9.93. The number of aliphatic hydroxyl groups excluding tert-OH is 1. The third-order valence-electron chi connectivity index (χ3n) is 7.33. The fraction of sp³-hybridized carbons (Fsp3) is 0.321. The van der Waals surface area contributed by atoms with Crippen LogP contribution in [-0.2, 0) is 4.74 Å². The predicted octanol–water partition coefficient (Wildman–Crippen LogP) is 3.29. The molecule has 4 aromatic rings. The number of aromatic amines is 1. The molecular weight excluding hydrogens is 470 g/mol. The molecule has 2 fully saturated rings. The number of hydrogen-bond acceptors (Lipinski definition) is 7. The molecule has 0 saturated carbocycles. The monoisotopic (exact) mass is 499 g/mol. The third-order valence-corrected chi connectivity index (χ3v) is 7.33. The van der Waals surface area contributed by atoms with Crippen LogP contribution in [0.15, 0.2) is 66.9 Å². The number of nitrogens with one attached hydrogen (secondary N) is 2. The summed E-state index contributed by atoms with van der Waals surface area (Å²) in [5, 5.41) is 21.3. The number of ether oxygens (including phenoxy) is 2. The molecule has 3 atom stereocenters. The van der Waals surface area contributed by atoms with Crippen molar-refractivity contribution < 1.29 is 19.4 Å². The van der Waals surface area contributed by atoms with Gasteiger partial charge >= 0.3 is 0 Å². The molecular formula is C28H29N5O4. The molecule has 37 heavy (non-hydrogen) atoms. The quantitative estimate of drug-likeness (QED) is 0.349. The largest absolute Gasteiger partial charge is 0.490 e. The highest BCUT2D eigenvalue weighted by Gasteiger charge is 2.37. The Balaban J connectivity index is 1.17. The Labute approximate surface area is 214 Å². The first-order valence-corrected chi connectivity index (χ1v) is 12.5. The van der Waals surface area contributed by atoms with Crippen molar-refractivity contribution >= 4 is 16.8 Å². The molecule has 0 aliphatic carbocycles. The van der Waals surface area contributed by atoms with E-state index in [0.29, 0.717) is 23.3 Å². The Hall–Kier alpha value is -3.79. The number of morpholine rings is 1. The minimum Gasteiger partial charge on any atom is -0.490 e. The van der Waals surface area contributed by atoms with Crippen molar-refractivity contribution in [2.75, 3.05) is 20.3 Å². The van der Waals surface area contributed by atoms with Gasteiger partial charge in [0.15, 0.2) is 6.23 Å². The first kappa shape index (κ1) is 23.6. The van der Waals surface area contributed by atoms with Crippen molar-refractivity contribution in [1.82, 2.24) is 25.4 Å². The molecule has 2 aromatic carbocycles. The van der Waals surface area contributed by atoms with E-state index in [1.54, 1.807) is 36.5 Å². The SMILES string of the molecule is CN1C2COCC1CC(Oc1ccc(-c3n[nH]c4ccc(C(=O)N[C@@H](O)c5ccccn5)cc34)cc1)C2. The number of aliphatic hydroxyl groups is 1. The number of rotatable bonds is 6. The Morgan fingerprint density at radius 3 is 2.65 bits per heavy atom. The molecule has 2 aliphatic heterocycles. The molecule has 2 aromatic heterocycles. The molecule has 0 radical (unpaired) electrons. The van der Waals surface area contributed by atoms with Gasteiger partial charge in [0.05, 0.1) is 30.1 Å². The van der Waals surface area contributed by atoms with Gasteiger partial charge in [-0.05, 0) is 61.6 Å². The maximum Gasteiger partial charge on any atom is 0.253 e. The van der Waals surface area contributed by atoms with E-state index in [2.05, 4.69) is 32.4 Å². The van der Waals surface area contributed by atoms with Crippen LogP contribution >= 0.6 is 0 Å². The Morgan fingerprint density at radius 1 is 1.14 bits per heavy atom. The summed E-state index contributed by atoms with van der Waals surface area (Å²) in [5.74, 6) is 0.435. The fourth-order valence-electron chi connectivity index (χ4n) is 5.22. The predicted molar refractivity (Wildman–Crippen MR) is 138 cm³/mol. The number of H-pyrrole nitrogens is 1. The molecule has 4 heterocycles. The molecule has 6 rings (SSSR count). The molecule has 0 spiro atoms. The number of aromatic nitrogens is 3. The van der Waals surface area contributed by atoms with Crippen LogP contribution < -0.4 is 10.1 Å². The molecule has 2 bridgehead atoms. The Kier molecular flexibility index (Phi) is 6.33. The Bertz CT molecular complexity index is 1380. The van der Waals surface area contributed by atoms with E-state index in [1.807, 2.05) is 30.3 Å². The van der Waals surface area contributed by atoms with Crippen molar-refractivity contribution in [3.63, 3.8) is 0 Å². The van der Waals surface area contributed by atoms with Crippen molar-refractivity contribution in [3.8, 4) is 17.0 Å². The number of pyridine rings is 1. The summed E-state index contributed by atoms with van der Waals surface area (Å²) in [5.41, 5.74) is 3.27. The molecule has 2 aliphatic rings. The lowest BCUT2D eigenvalue weighted by molar-refractivity contribution is -0.0879. The lowest BCUT2D eigenvalue weighted by Gasteiger charge is -2.46. The second-order valence-electron chi connectivity index (χ2n) is 9.71. The van der Waals surface area contributed by atoms with Crippen LogP contribution in [0.1, 0.15) is 35.1 Å². The van der Waals surface area contributed by atoms with Crippen LogP contribution in [0.2, 0.25) is 0 Å². The number of carbonyl (C=O) groups excluding carboxylic acids is 1. The van der Waals surface area contributed by atoms with Crippen LogP contribution in [0.3, 0.4) is 0 Å². The maximum atomic E-state index is 12.8. The average Bonchev–Trinajstić information content (AvgIpc) is 3.33. The van der Waals surface area contributed by atoms with Gasteiger partial charge in [-0.1, -0.05) is 6.07 Å². The summed E-state index contributed by atoms with van der Waals surface area (Å²) in [7, 11) is 2.18. The maximum absolute atomic E-state index is 12.8. The highest BCUT2D eigenvalue weighted by atomic mass is 16.5. The van der Waals surface area contributed by atoms with Crippen LogP contribution in [0.4, 0.5) is 0 Å². The van der Waals surface area contributed by atoms with E-state index in [1.165, 1.54) is 0 Å². The van der Waals surface area contributed by atoms with Gasteiger partial charge in [0.2, 0.25) is 0 Å². The summed E-state index contributed by atoms with van der Waals surface area (Å²) in [6.07, 6.45) is 2.46. The van der Waals surface area contributed by atoms with E-state index >= 15 is 0 Å². The van der Waals surface area contributed by atoms with Gasteiger partial charge < -0.3 is 19.9 Å². The number of carbonyl (C=O) groups is 1. The summed E-state index contributed by atoms with van der Waals surface area (Å²) < 4.78 is 12.0. The molecule has 2 saturated heterocycles. The van der Waals surface area contributed by atoms with Gasteiger partial charge in [-0.25, -0.2) is 0 Å². The lowest BCUT2D eigenvalue weighted by Crippen LogP contribution is -2.57.